The Kier molecular flexibility index (Phi) is 7.61. The minimum atomic E-state index is -0.0438. The van der Waals surface area contributed by atoms with E-state index >= 15 is 0 Å². The predicted octanol–water partition coefficient (Wildman–Crippen LogP) is 2.35. The standard InChI is InChI=1S/C14H19IN2O2.ClH/c1-10-8-12(6-7-16-10)17-14(18)9-19-13-4-2-11(15)3-5-13;/h2-5,10,12,16H,6-9H2,1H3,(H,17,18);1H. The Balaban J connectivity index is 0.00000200. The van der Waals surface area contributed by atoms with E-state index in [0.717, 1.165) is 28.7 Å². The lowest BCUT2D eigenvalue weighted by Crippen LogP contribution is -2.47. The average Bonchev–Trinajstić information content (AvgIpc) is 2.38. The van der Waals surface area contributed by atoms with Crippen molar-refractivity contribution in [1.82, 2.24) is 10.6 Å². The molecule has 2 atom stereocenters. The van der Waals surface area contributed by atoms with E-state index in [1.807, 2.05) is 24.3 Å². The summed E-state index contributed by atoms with van der Waals surface area (Å²) >= 11 is 2.24. The smallest absolute Gasteiger partial charge is 0.258 e. The van der Waals surface area contributed by atoms with Crippen LogP contribution >= 0.6 is 35.0 Å². The number of hydrogen-bond acceptors (Lipinski definition) is 3. The summed E-state index contributed by atoms with van der Waals surface area (Å²) in [7, 11) is 0. The number of piperidine rings is 1. The van der Waals surface area contributed by atoms with Crippen molar-refractivity contribution in [2.75, 3.05) is 13.2 Å². The highest BCUT2D eigenvalue weighted by molar-refractivity contribution is 14.1. The van der Waals surface area contributed by atoms with Crippen LogP contribution in [-0.4, -0.2) is 31.1 Å². The van der Waals surface area contributed by atoms with E-state index in [1.54, 1.807) is 0 Å². The van der Waals surface area contributed by atoms with Crippen molar-refractivity contribution in [1.29, 1.82) is 0 Å². The fourth-order valence-corrected chi connectivity index (χ4v) is 2.57. The Morgan fingerprint density at radius 3 is 2.80 bits per heavy atom. The molecule has 0 saturated carbocycles. The number of rotatable bonds is 4. The summed E-state index contributed by atoms with van der Waals surface area (Å²) in [5, 5.41) is 6.39. The van der Waals surface area contributed by atoms with Crippen molar-refractivity contribution >= 4 is 40.9 Å². The number of carbonyl (C=O) groups is 1. The molecular formula is C14H20ClIN2O2. The van der Waals surface area contributed by atoms with Gasteiger partial charge in [0.05, 0.1) is 0 Å². The van der Waals surface area contributed by atoms with Gasteiger partial charge in [-0.15, -0.1) is 12.4 Å². The Hall–Kier alpha value is -0.530. The third kappa shape index (κ3) is 5.85. The molecule has 2 unspecified atom stereocenters. The first-order valence-corrected chi connectivity index (χ1v) is 7.62. The van der Waals surface area contributed by atoms with Gasteiger partial charge in [-0.3, -0.25) is 4.79 Å². The summed E-state index contributed by atoms with van der Waals surface area (Å²) in [4.78, 5) is 11.8. The molecule has 1 aromatic rings. The number of nitrogens with one attached hydrogen (secondary N) is 2. The minimum absolute atomic E-state index is 0. The molecule has 6 heteroatoms. The summed E-state index contributed by atoms with van der Waals surface area (Å²) in [6.07, 6.45) is 1.97. The van der Waals surface area contributed by atoms with Gasteiger partial charge in [0.25, 0.3) is 5.91 Å². The van der Waals surface area contributed by atoms with Gasteiger partial charge in [0.2, 0.25) is 0 Å². The van der Waals surface area contributed by atoms with Crippen LogP contribution in [0.5, 0.6) is 5.75 Å². The molecule has 1 heterocycles. The van der Waals surface area contributed by atoms with Crippen LogP contribution in [0.4, 0.5) is 0 Å². The molecular weight excluding hydrogens is 391 g/mol. The fourth-order valence-electron chi connectivity index (χ4n) is 2.21. The van der Waals surface area contributed by atoms with Gasteiger partial charge in [0.1, 0.15) is 5.75 Å². The van der Waals surface area contributed by atoms with E-state index in [9.17, 15) is 4.79 Å². The van der Waals surface area contributed by atoms with Crippen molar-refractivity contribution < 1.29 is 9.53 Å². The maximum Gasteiger partial charge on any atom is 0.258 e. The van der Waals surface area contributed by atoms with Crippen molar-refractivity contribution in [3.05, 3.63) is 27.8 Å². The number of ether oxygens (including phenoxy) is 1. The molecule has 2 N–H and O–H groups in total. The molecule has 0 radical (unpaired) electrons. The Morgan fingerprint density at radius 1 is 1.45 bits per heavy atom. The summed E-state index contributed by atoms with van der Waals surface area (Å²) < 4.78 is 6.61. The molecule has 0 spiro atoms. The van der Waals surface area contributed by atoms with E-state index in [0.29, 0.717) is 6.04 Å². The SMILES string of the molecule is CC1CC(NC(=O)COc2ccc(I)cc2)CCN1.Cl. The Morgan fingerprint density at radius 2 is 2.15 bits per heavy atom. The van der Waals surface area contributed by atoms with Crippen molar-refractivity contribution in [2.24, 2.45) is 0 Å². The zero-order valence-electron chi connectivity index (χ0n) is 11.4. The summed E-state index contributed by atoms with van der Waals surface area (Å²) in [6.45, 7) is 3.18. The highest BCUT2D eigenvalue weighted by Gasteiger charge is 2.19. The van der Waals surface area contributed by atoms with E-state index in [2.05, 4.69) is 40.1 Å². The van der Waals surface area contributed by atoms with Gasteiger partial charge in [-0.1, -0.05) is 0 Å². The molecule has 2 rings (SSSR count). The maximum atomic E-state index is 11.8. The first kappa shape index (κ1) is 17.5. The number of benzene rings is 1. The average molecular weight is 411 g/mol. The summed E-state index contributed by atoms with van der Waals surface area (Å²) in [6, 6.07) is 8.41. The van der Waals surface area contributed by atoms with Crippen LogP contribution in [0.15, 0.2) is 24.3 Å². The second-order valence-electron chi connectivity index (χ2n) is 4.89. The minimum Gasteiger partial charge on any atom is -0.484 e. The highest BCUT2D eigenvalue weighted by Crippen LogP contribution is 2.13. The van der Waals surface area contributed by atoms with Gasteiger partial charge >= 0.3 is 0 Å². The van der Waals surface area contributed by atoms with Crippen molar-refractivity contribution in [3.63, 3.8) is 0 Å². The third-order valence-corrected chi connectivity index (χ3v) is 3.89. The van der Waals surface area contributed by atoms with Gasteiger partial charge in [0, 0.05) is 15.7 Å². The molecule has 4 nitrogen and oxygen atoms in total. The highest BCUT2D eigenvalue weighted by atomic mass is 127. The molecule has 20 heavy (non-hydrogen) atoms. The van der Waals surface area contributed by atoms with Gasteiger partial charge in [0.15, 0.2) is 6.61 Å². The first-order chi connectivity index (χ1) is 9.13. The lowest BCUT2D eigenvalue weighted by Gasteiger charge is -2.28. The number of amides is 1. The monoisotopic (exact) mass is 410 g/mol. The number of halogens is 2. The van der Waals surface area contributed by atoms with Crippen LogP contribution in [0.1, 0.15) is 19.8 Å². The van der Waals surface area contributed by atoms with Crippen LogP contribution in [0, 0.1) is 3.57 Å². The molecule has 1 amide bonds. The van der Waals surface area contributed by atoms with Crippen LogP contribution in [0.2, 0.25) is 0 Å². The van der Waals surface area contributed by atoms with Crippen molar-refractivity contribution in [3.8, 4) is 5.75 Å². The van der Waals surface area contributed by atoms with Crippen LogP contribution in [0.3, 0.4) is 0 Å². The Bertz CT molecular complexity index is 428. The molecule has 1 fully saturated rings. The van der Waals surface area contributed by atoms with Crippen LogP contribution < -0.4 is 15.4 Å². The van der Waals surface area contributed by atoms with Crippen molar-refractivity contribution in [2.45, 2.75) is 31.8 Å². The molecule has 0 bridgehead atoms. The first-order valence-electron chi connectivity index (χ1n) is 6.54. The number of carbonyl (C=O) groups excluding carboxylic acids is 1. The normalized spacial score (nSPS) is 21.7. The molecule has 0 aromatic heterocycles. The van der Waals surface area contributed by atoms with Gasteiger partial charge in [-0.05, 0) is 73.2 Å². The van der Waals surface area contributed by atoms with Gasteiger partial charge < -0.3 is 15.4 Å². The Labute approximate surface area is 139 Å². The largest absolute Gasteiger partial charge is 0.484 e. The van der Waals surface area contributed by atoms with E-state index in [4.69, 9.17) is 4.74 Å². The molecule has 1 aliphatic heterocycles. The lowest BCUT2D eigenvalue weighted by atomic mass is 10.0. The molecule has 1 aliphatic rings. The molecule has 112 valence electrons. The van der Waals surface area contributed by atoms with Gasteiger partial charge in [-0.25, -0.2) is 0 Å². The van der Waals surface area contributed by atoms with E-state index < -0.39 is 0 Å². The molecule has 1 aromatic carbocycles. The predicted molar refractivity (Wildman–Crippen MR) is 90.5 cm³/mol. The molecule has 1 saturated heterocycles. The van der Waals surface area contributed by atoms with Crippen LogP contribution in [-0.2, 0) is 4.79 Å². The quantitative estimate of drug-likeness (QED) is 0.749. The zero-order chi connectivity index (χ0) is 13.7. The maximum absolute atomic E-state index is 11.8. The van der Waals surface area contributed by atoms with Crippen LogP contribution in [0.25, 0.3) is 0 Å². The zero-order valence-corrected chi connectivity index (χ0v) is 14.4. The van der Waals surface area contributed by atoms with Gasteiger partial charge in [-0.2, -0.15) is 0 Å². The molecule has 0 aliphatic carbocycles. The topological polar surface area (TPSA) is 50.4 Å². The van der Waals surface area contributed by atoms with E-state index in [1.165, 1.54) is 0 Å². The lowest BCUT2D eigenvalue weighted by molar-refractivity contribution is -0.124. The third-order valence-electron chi connectivity index (χ3n) is 3.17. The number of hydrogen-bond donors (Lipinski definition) is 2. The summed E-state index contributed by atoms with van der Waals surface area (Å²) in [5.74, 6) is 0.687. The fraction of sp³-hybridized carbons (Fsp3) is 0.500. The second-order valence-corrected chi connectivity index (χ2v) is 6.13. The van der Waals surface area contributed by atoms with E-state index in [-0.39, 0.29) is 31.0 Å². The summed E-state index contributed by atoms with van der Waals surface area (Å²) in [5.41, 5.74) is 0. The second kappa shape index (κ2) is 8.69.